The molecule has 2 aromatic heterocycles. The molecular formula is C21H28N4O2S. The molecule has 2 aromatic rings. The molecule has 1 atom stereocenters. The fourth-order valence-electron chi connectivity index (χ4n) is 4.27. The fraction of sp³-hybridized carbons (Fsp3) is 0.619. The second-order valence-corrected chi connectivity index (χ2v) is 8.96. The molecule has 1 saturated heterocycles. The van der Waals surface area contributed by atoms with Gasteiger partial charge >= 0.3 is 0 Å². The van der Waals surface area contributed by atoms with Crippen molar-refractivity contribution in [1.82, 2.24) is 19.4 Å². The van der Waals surface area contributed by atoms with E-state index < -0.39 is 0 Å². The van der Waals surface area contributed by atoms with Gasteiger partial charge in [0.25, 0.3) is 5.56 Å². The summed E-state index contributed by atoms with van der Waals surface area (Å²) < 4.78 is 2.10. The van der Waals surface area contributed by atoms with Crippen LogP contribution in [0.2, 0.25) is 0 Å². The van der Waals surface area contributed by atoms with E-state index >= 15 is 0 Å². The summed E-state index contributed by atoms with van der Waals surface area (Å²) in [5.74, 6) is 0.480. The first-order valence-electron chi connectivity index (χ1n) is 10.3. The largest absolute Gasteiger partial charge is 0.339 e. The minimum absolute atomic E-state index is 0.154. The number of nitrogens with zero attached hydrogens (tertiary/aromatic N) is 4. The van der Waals surface area contributed by atoms with E-state index in [1.54, 1.807) is 0 Å². The smallest absolute Gasteiger partial charge is 0.283 e. The molecule has 0 spiro atoms. The van der Waals surface area contributed by atoms with Gasteiger partial charge in [-0.15, -0.1) is 0 Å². The first kappa shape index (κ1) is 19.4. The van der Waals surface area contributed by atoms with E-state index in [4.69, 9.17) is 0 Å². The van der Waals surface area contributed by atoms with E-state index in [1.807, 2.05) is 24.8 Å². The van der Waals surface area contributed by atoms with Gasteiger partial charge < -0.3 is 9.47 Å². The predicted octanol–water partition coefficient (Wildman–Crippen LogP) is 3.63. The maximum Gasteiger partial charge on any atom is 0.283 e. The molecule has 7 heteroatoms. The number of aromatic nitrogens is 3. The molecule has 150 valence electrons. The second-order valence-electron chi connectivity index (χ2n) is 8.01. The van der Waals surface area contributed by atoms with Crippen LogP contribution in [0, 0.1) is 13.8 Å². The molecule has 1 aliphatic heterocycles. The number of carbonyl (C=O) groups excluding carboxylic acids is 1. The van der Waals surface area contributed by atoms with Crippen molar-refractivity contribution in [2.45, 2.75) is 76.5 Å². The molecule has 0 aromatic carbocycles. The number of fused-ring (bicyclic) bond motifs is 1. The quantitative estimate of drug-likeness (QED) is 0.566. The van der Waals surface area contributed by atoms with Crippen molar-refractivity contribution in [2.75, 3.05) is 12.3 Å². The van der Waals surface area contributed by atoms with Crippen LogP contribution in [-0.4, -0.2) is 43.7 Å². The molecule has 0 N–H and O–H groups in total. The van der Waals surface area contributed by atoms with Crippen molar-refractivity contribution in [2.24, 2.45) is 0 Å². The minimum atomic E-state index is -0.240. The number of hydrogen-bond acceptors (Lipinski definition) is 5. The van der Waals surface area contributed by atoms with Crippen LogP contribution in [0.25, 0.3) is 11.0 Å². The van der Waals surface area contributed by atoms with E-state index in [9.17, 15) is 9.59 Å². The number of amides is 1. The predicted molar refractivity (Wildman–Crippen MR) is 112 cm³/mol. The molecule has 1 unspecified atom stereocenters. The highest BCUT2D eigenvalue weighted by Gasteiger charge is 2.30. The van der Waals surface area contributed by atoms with Gasteiger partial charge in [0, 0.05) is 24.3 Å². The van der Waals surface area contributed by atoms with E-state index in [-0.39, 0.29) is 11.5 Å². The van der Waals surface area contributed by atoms with Crippen molar-refractivity contribution in [1.29, 1.82) is 0 Å². The van der Waals surface area contributed by atoms with Crippen LogP contribution in [0.4, 0.5) is 0 Å². The molecule has 28 heavy (non-hydrogen) atoms. The lowest BCUT2D eigenvalue weighted by Crippen LogP contribution is -2.44. The van der Waals surface area contributed by atoms with E-state index in [0.29, 0.717) is 28.4 Å². The summed E-state index contributed by atoms with van der Waals surface area (Å²) in [7, 11) is 0. The topological polar surface area (TPSA) is 68.1 Å². The second kappa shape index (κ2) is 7.85. The fourth-order valence-corrected chi connectivity index (χ4v) is 5.21. The number of aryl methyl sites for hydroxylation is 2. The summed E-state index contributed by atoms with van der Waals surface area (Å²) in [5, 5.41) is 1.24. The van der Waals surface area contributed by atoms with Gasteiger partial charge in [-0.3, -0.25) is 9.59 Å². The molecule has 3 heterocycles. The molecule has 1 aliphatic carbocycles. The Bertz CT molecular complexity index is 967. The number of pyridine rings is 1. The maximum absolute atomic E-state index is 12.9. The van der Waals surface area contributed by atoms with Gasteiger partial charge in [0.15, 0.2) is 5.16 Å². The van der Waals surface area contributed by atoms with Gasteiger partial charge in [-0.05, 0) is 64.0 Å². The molecular weight excluding hydrogens is 372 g/mol. The maximum atomic E-state index is 12.9. The Morgan fingerprint density at radius 1 is 1.21 bits per heavy atom. The lowest BCUT2D eigenvalue weighted by atomic mass is 10.0. The zero-order valence-corrected chi connectivity index (χ0v) is 17.7. The Balaban J connectivity index is 1.65. The zero-order valence-electron chi connectivity index (χ0n) is 16.9. The van der Waals surface area contributed by atoms with Gasteiger partial charge in [0.2, 0.25) is 5.91 Å². The van der Waals surface area contributed by atoms with Gasteiger partial charge in [-0.2, -0.15) is 4.98 Å². The highest BCUT2D eigenvalue weighted by molar-refractivity contribution is 7.99. The number of thioether (sulfide) groups is 1. The van der Waals surface area contributed by atoms with E-state index in [0.717, 1.165) is 55.6 Å². The number of piperidine rings is 1. The summed E-state index contributed by atoms with van der Waals surface area (Å²) >= 11 is 1.39. The van der Waals surface area contributed by atoms with Crippen molar-refractivity contribution < 1.29 is 4.79 Å². The third-order valence-corrected chi connectivity index (χ3v) is 6.76. The number of hydrogen-bond donors (Lipinski definition) is 0. The zero-order chi connectivity index (χ0) is 19.8. The Kier molecular flexibility index (Phi) is 5.45. The summed E-state index contributed by atoms with van der Waals surface area (Å²) in [5.41, 5.74) is 2.30. The lowest BCUT2D eigenvalue weighted by Gasteiger charge is -2.35. The van der Waals surface area contributed by atoms with Crippen LogP contribution in [0.3, 0.4) is 0 Å². The SMILES string of the molecule is CCC1CCCCN1C(=O)CSc1nc(=O)c2c(C)cc(C)nc2n1C1CC1. The Labute approximate surface area is 169 Å². The van der Waals surface area contributed by atoms with Gasteiger partial charge in [-0.1, -0.05) is 18.7 Å². The summed E-state index contributed by atoms with van der Waals surface area (Å²) in [6, 6.07) is 2.62. The molecule has 0 bridgehead atoms. The first-order valence-corrected chi connectivity index (χ1v) is 11.3. The third-order valence-electron chi connectivity index (χ3n) is 5.83. The summed E-state index contributed by atoms with van der Waals surface area (Å²) in [4.78, 5) is 36.6. The van der Waals surface area contributed by atoms with Crippen LogP contribution < -0.4 is 5.56 Å². The average molecular weight is 401 g/mol. The van der Waals surface area contributed by atoms with Crippen molar-refractivity contribution in [3.63, 3.8) is 0 Å². The standard InChI is InChI=1S/C21H28N4O2S/c1-4-15-7-5-6-10-24(15)17(26)12-28-21-23-20(27)18-13(2)11-14(3)22-19(18)25(21)16-8-9-16/h11,15-16H,4-10,12H2,1-3H3. The number of rotatable bonds is 5. The average Bonchev–Trinajstić information content (AvgIpc) is 3.50. The lowest BCUT2D eigenvalue weighted by molar-refractivity contribution is -0.132. The van der Waals surface area contributed by atoms with Crippen molar-refractivity contribution >= 4 is 28.7 Å². The Morgan fingerprint density at radius 2 is 2.00 bits per heavy atom. The van der Waals surface area contributed by atoms with E-state index in [1.165, 1.54) is 18.2 Å². The Hall–Kier alpha value is -1.89. The van der Waals surface area contributed by atoms with Gasteiger partial charge in [-0.25, -0.2) is 4.98 Å². The molecule has 2 aliphatic rings. The van der Waals surface area contributed by atoms with E-state index in [2.05, 4.69) is 21.5 Å². The third kappa shape index (κ3) is 3.69. The monoisotopic (exact) mass is 400 g/mol. The minimum Gasteiger partial charge on any atom is -0.339 e. The normalized spacial score (nSPS) is 20.0. The molecule has 1 saturated carbocycles. The van der Waals surface area contributed by atoms with Crippen LogP contribution >= 0.6 is 11.8 Å². The van der Waals surface area contributed by atoms with Crippen molar-refractivity contribution in [3.05, 3.63) is 27.7 Å². The van der Waals surface area contributed by atoms with Gasteiger partial charge in [0.05, 0.1) is 11.1 Å². The number of carbonyl (C=O) groups is 1. The molecule has 4 rings (SSSR count). The van der Waals surface area contributed by atoms with Crippen LogP contribution in [-0.2, 0) is 4.79 Å². The highest BCUT2D eigenvalue weighted by Crippen LogP contribution is 2.39. The van der Waals surface area contributed by atoms with Crippen LogP contribution in [0.15, 0.2) is 16.0 Å². The number of likely N-dealkylation sites (tertiary alicyclic amines) is 1. The Morgan fingerprint density at radius 3 is 2.71 bits per heavy atom. The highest BCUT2D eigenvalue weighted by atomic mass is 32.2. The molecule has 6 nitrogen and oxygen atoms in total. The van der Waals surface area contributed by atoms with Crippen molar-refractivity contribution in [3.8, 4) is 0 Å². The van der Waals surface area contributed by atoms with Crippen LogP contribution in [0.5, 0.6) is 0 Å². The molecule has 0 radical (unpaired) electrons. The molecule has 1 amide bonds. The summed E-state index contributed by atoms with van der Waals surface area (Å²) in [6.07, 6.45) is 6.51. The molecule has 2 fully saturated rings. The summed E-state index contributed by atoms with van der Waals surface area (Å²) in [6.45, 7) is 6.88. The first-order chi connectivity index (χ1) is 13.5. The van der Waals surface area contributed by atoms with Crippen LogP contribution in [0.1, 0.15) is 62.7 Å². The van der Waals surface area contributed by atoms with Gasteiger partial charge in [0.1, 0.15) is 5.65 Å².